The molecule has 1 heterocycles. The van der Waals surface area contributed by atoms with Crippen LogP contribution in [0.2, 0.25) is 0 Å². The van der Waals surface area contributed by atoms with Crippen LogP contribution in [0, 0.1) is 0 Å². The highest BCUT2D eigenvalue weighted by Crippen LogP contribution is 2.29. The molecule has 5 nitrogen and oxygen atoms in total. The van der Waals surface area contributed by atoms with E-state index in [1.54, 1.807) is 12.1 Å². The first kappa shape index (κ1) is 16.1. The summed E-state index contributed by atoms with van der Waals surface area (Å²) in [4.78, 5) is 25.6. The van der Waals surface area contributed by atoms with Crippen LogP contribution in [-0.2, 0) is 4.79 Å². The fourth-order valence-corrected chi connectivity index (χ4v) is 2.63. The zero-order valence-electron chi connectivity index (χ0n) is 13.2. The Labute approximate surface area is 131 Å². The zero-order chi connectivity index (χ0) is 16.1. The van der Waals surface area contributed by atoms with E-state index in [1.165, 1.54) is 12.5 Å². The first-order valence-electron chi connectivity index (χ1n) is 7.62. The number of amides is 2. The minimum absolute atomic E-state index is 0.195. The largest absolute Gasteiger partial charge is 0.370 e. The van der Waals surface area contributed by atoms with Gasteiger partial charge in [-0.2, -0.15) is 0 Å². The molecule has 1 aliphatic heterocycles. The highest BCUT2D eigenvalue weighted by molar-refractivity contribution is 6.03. The van der Waals surface area contributed by atoms with Gasteiger partial charge in [-0.3, -0.25) is 9.59 Å². The monoisotopic (exact) mass is 301 g/mol. The minimum atomic E-state index is -0.497. The second-order valence-corrected chi connectivity index (χ2v) is 5.85. The van der Waals surface area contributed by atoms with E-state index >= 15 is 0 Å². The lowest BCUT2D eigenvalue weighted by molar-refractivity contribution is -0.111. The summed E-state index contributed by atoms with van der Waals surface area (Å²) in [6, 6.07) is 5.23. The van der Waals surface area contributed by atoms with E-state index in [2.05, 4.69) is 10.2 Å². The van der Waals surface area contributed by atoms with Gasteiger partial charge in [0, 0.05) is 24.7 Å². The average molecular weight is 301 g/mol. The van der Waals surface area contributed by atoms with Crippen molar-refractivity contribution in [2.45, 2.75) is 33.1 Å². The number of nitrogens with zero attached hydrogens (tertiary/aromatic N) is 1. The smallest absolute Gasteiger partial charge is 0.248 e. The average Bonchev–Trinajstić information content (AvgIpc) is 2.47. The predicted molar refractivity (Wildman–Crippen MR) is 89.1 cm³/mol. The number of allylic oxidation sites excluding steroid dienone is 1. The van der Waals surface area contributed by atoms with Crippen LogP contribution >= 0.6 is 0 Å². The van der Waals surface area contributed by atoms with Gasteiger partial charge in [-0.25, -0.2) is 0 Å². The molecule has 118 valence electrons. The van der Waals surface area contributed by atoms with Crippen molar-refractivity contribution in [3.05, 3.63) is 35.4 Å². The van der Waals surface area contributed by atoms with Crippen LogP contribution in [0.3, 0.4) is 0 Å². The number of hydrogen-bond acceptors (Lipinski definition) is 3. The lowest BCUT2D eigenvalue weighted by Crippen LogP contribution is -2.30. The van der Waals surface area contributed by atoms with Crippen LogP contribution < -0.4 is 16.0 Å². The third-order valence-corrected chi connectivity index (χ3v) is 3.66. The maximum absolute atomic E-state index is 12.0. The number of carbonyl (C=O) groups is 2. The highest BCUT2D eigenvalue weighted by Gasteiger charge is 2.17. The molecular weight excluding hydrogens is 278 g/mol. The standard InChI is InChI=1S/C17H23N3O2/c1-12(2)10-16(21)19-14-11-13(17(18)22)6-7-15(14)20-8-4-3-5-9-20/h6-7,10-11H,3-5,8-9H2,1-2H3,(H2,18,22)(H,19,21). The van der Waals surface area contributed by atoms with Crippen molar-refractivity contribution in [3.63, 3.8) is 0 Å². The predicted octanol–water partition coefficient (Wildman–Crippen LogP) is 2.68. The van der Waals surface area contributed by atoms with Crippen LogP contribution in [0.5, 0.6) is 0 Å². The third kappa shape index (κ3) is 4.10. The number of nitrogens with one attached hydrogen (secondary N) is 1. The Bertz CT molecular complexity index is 598. The van der Waals surface area contributed by atoms with Gasteiger partial charge in [-0.1, -0.05) is 5.57 Å². The van der Waals surface area contributed by atoms with Crippen molar-refractivity contribution in [1.29, 1.82) is 0 Å². The van der Waals surface area contributed by atoms with Gasteiger partial charge in [-0.15, -0.1) is 0 Å². The molecule has 0 aliphatic carbocycles. The van der Waals surface area contributed by atoms with Crippen molar-refractivity contribution < 1.29 is 9.59 Å². The number of primary amides is 1. The van der Waals surface area contributed by atoms with Crippen LogP contribution in [-0.4, -0.2) is 24.9 Å². The molecule has 0 saturated carbocycles. The number of piperidine rings is 1. The molecule has 0 atom stereocenters. The fourth-order valence-electron chi connectivity index (χ4n) is 2.63. The lowest BCUT2D eigenvalue weighted by Gasteiger charge is -2.30. The molecule has 0 spiro atoms. The molecule has 1 fully saturated rings. The Hall–Kier alpha value is -2.30. The number of hydrogen-bond donors (Lipinski definition) is 2. The van der Waals surface area contributed by atoms with Crippen LogP contribution in [0.25, 0.3) is 0 Å². The molecule has 2 amide bonds. The van der Waals surface area contributed by atoms with Gasteiger partial charge >= 0.3 is 0 Å². The summed E-state index contributed by atoms with van der Waals surface area (Å²) >= 11 is 0. The molecule has 1 aromatic rings. The number of benzene rings is 1. The summed E-state index contributed by atoms with van der Waals surface area (Å²) in [7, 11) is 0. The van der Waals surface area contributed by atoms with E-state index in [0.717, 1.165) is 37.2 Å². The second kappa shape index (κ2) is 7.11. The molecular formula is C17H23N3O2. The molecule has 1 saturated heterocycles. The Balaban J connectivity index is 2.33. The minimum Gasteiger partial charge on any atom is -0.370 e. The summed E-state index contributed by atoms with van der Waals surface area (Å²) in [6.45, 7) is 5.65. The topological polar surface area (TPSA) is 75.4 Å². The zero-order valence-corrected chi connectivity index (χ0v) is 13.2. The maximum atomic E-state index is 12.0. The van der Waals surface area contributed by atoms with Crippen LogP contribution in [0.15, 0.2) is 29.8 Å². The molecule has 5 heteroatoms. The van der Waals surface area contributed by atoms with Crippen molar-refractivity contribution >= 4 is 23.2 Å². The Morgan fingerprint density at radius 3 is 2.45 bits per heavy atom. The van der Waals surface area contributed by atoms with Crippen molar-refractivity contribution in [3.8, 4) is 0 Å². The molecule has 2 rings (SSSR count). The van der Waals surface area contributed by atoms with Gasteiger partial charge in [-0.05, 0) is 51.3 Å². The molecule has 1 aromatic carbocycles. The number of carbonyl (C=O) groups excluding carboxylic acids is 2. The number of rotatable bonds is 4. The van der Waals surface area contributed by atoms with Crippen LogP contribution in [0.4, 0.5) is 11.4 Å². The van der Waals surface area contributed by atoms with Gasteiger partial charge in [0.05, 0.1) is 11.4 Å². The molecule has 22 heavy (non-hydrogen) atoms. The van der Waals surface area contributed by atoms with E-state index in [9.17, 15) is 9.59 Å². The first-order valence-corrected chi connectivity index (χ1v) is 7.62. The number of nitrogens with two attached hydrogens (primary N) is 1. The molecule has 0 bridgehead atoms. The van der Waals surface area contributed by atoms with Crippen molar-refractivity contribution in [2.75, 3.05) is 23.3 Å². The molecule has 0 aromatic heterocycles. The van der Waals surface area contributed by atoms with E-state index in [0.29, 0.717) is 11.3 Å². The normalized spacial score (nSPS) is 14.4. The van der Waals surface area contributed by atoms with Crippen LogP contribution in [0.1, 0.15) is 43.5 Å². The fraction of sp³-hybridized carbons (Fsp3) is 0.412. The van der Waals surface area contributed by atoms with Gasteiger partial charge in [0.2, 0.25) is 11.8 Å². The van der Waals surface area contributed by atoms with Crippen molar-refractivity contribution in [2.24, 2.45) is 5.73 Å². The Morgan fingerprint density at radius 1 is 1.18 bits per heavy atom. The Kier molecular flexibility index (Phi) is 5.20. The summed E-state index contributed by atoms with van der Waals surface area (Å²) in [5.74, 6) is -0.692. The summed E-state index contributed by atoms with van der Waals surface area (Å²) in [5, 5.41) is 2.87. The molecule has 0 radical (unpaired) electrons. The van der Waals surface area contributed by atoms with E-state index in [4.69, 9.17) is 5.73 Å². The van der Waals surface area contributed by atoms with E-state index in [-0.39, 0.29) is 5.91 Å². The van der Waals surface area contributed by atoms with Gasteiger partial charge < -0.3 is 16.0 Å². The maximum Gasteiger partial charge on any atom is 0.248 e. The SMILES string of the molecule is CC(C)=CC(=O)Nc1cc(C(N)=O)ccc1N1CCCCC1. The molecule has 1 aliphatic rings. The van der Waals surface area contributed by atoms with Gasteiger partial charge in [0.25, 0.3) is 0 Å². The first-order chi connectivity index (χ1) is 10.5. The summed E-state index contributed by atoms with van der Waals surface area (Å²) in [6.07, 6.45) is 5.05. The number of anilines is 2. The van der Waals surface area contributed by atoms with Crippen molar-refractivity contribution in [1.82, 2.24) is 0 Å². The third-order valence-electron chi connectivity index (χ3n) is 3.66. The molecule has 3 N–H and O–H groups in total. The summed E-state index contributed by atoms with van der Waals surface area (Å²) in [5.41, 5.74) is 8.25. The lowest BCUT2D eigenvalue weighted by atomic mass is 10.1. The van der Waals surface area contributed by atoms with Gasteiger partial charge in [0.15, 0.2) is 0 Å². The molecule has 0 unspecified atom stereocenters. The Morgan fingerprint density at radius 2 is 1.86 bits per heavy atom. The van der Waals surface area contributed by atoms with Gasteiger partial charge in [0.1, 0.15) is 0 Å². The van der Waals surface area contributed by atoms with E-state index in [1.807, 2.05) is 19.9 Å². The highest BCUT2D eigenvalue weighted by atomic mass is 16.1. The quantitative estimate of drug-likeness (QED) is 0.840. The van der Waals surface area contributed by atoms with E-state index < -0.39 is 5.91 Å². The second-order valence-electron chi connectivity index (χ2n) is 5.85. The summed E-state index contributed by atoms with van der Waals surface area (Å²) < 4.78 is 0.